The van der Waals surface area contributed by atoms with E-state index in [-0.39, 0.29) is 5.71 Å². The van der Waals surface area contributed by atoms with E-state index in [0.29, 0.717) is 10.7 Å². The maximum atomic E-state index is 8.50. The second-order valence-corrected chi connectivity index (χ2v) is 3.62. The van der Waals surface area contributed by atoms with Crippen molar-refractivity contribution in [2.24, 2.45) is 5.10 Å². The third kappa shape index (κ3) is 2.73. The number of hydrazone groups is 1. The van der Waals surface area contributed by atoms with Gasteiger partial charge in [-0.1, -0.05) is 11.6 Å². The molecule has 1 N–H and O–H groups in total. The number of nitrogens with one attached hydrogen (secondary N) is 1. The van der Waals surface area contributed by atoms with Crippen molar-refractivity contribution in [3.63, 3.8) is 0 Å². The number of benzene rings is 1. The first-order chi connectivity index (χ1) is 7.58. The van der Waals surface area contributed by atoms with Gasteiger partial charge in [-0.25, -0.2) is 0 Å². The average Bonchev–Trinajstić information content (AvgIpc) is 2.26. The summed E-state index contributed by atoms with van der Waals surface area (Å²) in [5.41, 5.74) is 5.05. The minimum atomic E-state index is -0.241. The van der Waals surface area contributed by atoms with E-state index in [4.69, 9.17) is 22.1 Å². The fourth-order valence-corrected chi connectivity index (χ4v) is 1.32. The lowest BCUT2D eigenvalue weighted by Crippen LogP contribution is -1.97. The van der Waals surface area contributed by atoms with Crippen LogP contribution in [0.25, 0.3) is 0 Å². The number of aryl methyl sites for hydroxylation is 2. The van der Waals surface area contributed by atoms with Crippen LogP contribution in [0.2, 0.25) is 5.02 Å². The first-order valence-electron chi connectivity index (χ1n) is 4.49. The van der Waals surface area contributed by atoms with Gasteiger partial charge < -0.3 is 0 Å². The Morgan fingerprint density at radius 2 is 1.81 bits per heavy atom. The van der Waals surface area contributed by atoms with E-state index >= 15 is 0 Å². The lowest BCUT2D eigenvalue weighted by molar-refractivity contribution is 1.29. The molecule has 0 saturated heterocycles. The third-order valence-corrected chi connectivity index (χ3v) is 2.40. The summed E-state index contributed by atoms with van der Waals surface area (Å²) in [6.07, 6.45) is 0. The van der Waals surface area contributed by atoms with Crippen molar-refractivity contribution in [3.8, 4) is 12.1 Å². The lowest BCUT2D eigenvalue weighted by Gasteiger charge is -2.06. The van der Waals surface area contributed by atoms with Gasteiger partial charge in [0.25, 0.3) is 0 Å². The molecule has 16 heavy (non-hydrogen) atoms. The molecule has 1 aromatic rings. The Morgan fingerprint density at radius 3 is 2.38 bits per heavy atom. The molecule has 0 spiro atoms. The summed E-state index contributed by atoms with van der Waals surface area (Å²) in [7, 11) is 0. The van der Waals surface area contributed by atoms with Crippen LogP contribution in [0.15, 0.2) is 17.2 Å². The molecule has 1 rings (SSSR count). The highest BCUT2D eigenvalue weighted by molar-refractivity contribution is 6.33. The normalized spacial score (nSPS) is 8.81. The Labute approximate surface area is 98.8 Å². The van der Waals surface area contributed by atoms with Crippen molar-refractivity contribution in [1.82, 2.24) is 0 Å². The van der Waals surface area contributed by atoms with Crippen LogP contribution >= 0.6 is 11.6 Å². The second-order valence-electron chi connectivity index (χ2n) is 3.21. The SMILES string of the molecule is Cc1cc(Cl)c(NN=C(C#N)C#N)cc1C. The Bertz CT molecular complexity index is 504. The second kappa shape index (κ2) is 5.16. The summed E-state index contributed by atoms with van der Waals surface area (Å²) in [6, 6.07) is 6.91. The van der Waals surface area contributed by atoms with Crippen LogP contribution in [0.4, 0.5) is 5.69 Å². The molecule has 0 unspecified atom stereocenters. The van der Waals surface area contributed by atoms with E-state index in [9.17, 15) is 0 Å². The predicted octanol–water partition coefficient (Wildman–Crippen LogP) is 2.77. The quantitative estimate of drug-likeness (QED) is 0.630. The van der Waals surface area contributed by atoms with Crippen LogP contribution < -0.4 is 5.43 Å². The molecule has 0 aliphatic heterocycles. The van der Waals surface area contributed by atoms with Gasteiger partial charge in [0, 0.05) is 0 Å². The highest BCUT2D eigenvalue weighted by atomic mass is 35.5. The van der Waals surface area contributed by atoms with Gasteiger partial charge in [0.05, 0.1) is 10.7 Å². The van der Waals surface area contributed by atoms with E-state index in [1.54, 1.807) is 18.2 Å². The molecule has 0 aromatic heterocycles. The first kappa shape index (κ1) is 12.0. The Kier molecular flexibility index (Phi) is 3.88. The molecule has 0 heterocycles. The Morgan fingerprint density at radius 1 is 1.25 bits per heavy atom. The molecule has 0 radical (unpaired) electrons. The number of halogens is 1. The molecule has 0 atom stereocenters. The van der Waals surface area contributed by atoms with E-state index in [2.05, 4.69) is 10.5 Å². The molecular formula is C11H9ClN4. The molecule has 1 aromatic carbocycles. The van der Waals surface area contributed by atoms with Crippen LogP contribution in [-0.2, 0) is 0 Å². The van der Waals surface area contributed by atoms with Crippen molar-refractivity contribution in [2.45, 2.75) is 13.8 Å². The smallest absolute Gasteiger partial charge is 0.237 e. The molecule has 4 nitrogen and oxygen atoms in total. The standard InChI is InChI=1S/C11H9ClN4/c1-7-3-10(12)11(4-8(7)2)16-15-9(5-13)6-14/h3-4,16H,1-2H3. The molecule has 0 aliphatic rings. The monoisotopic (exact) mass is 232 g/mol. The topological polar surface area (TPSA) is 72.0 Å². The first-order valence-corrected chi connectivity index (χ1v) is 4.87. The maximum absolute atomic E-state index is 8.50. The van der Waals surface area contributed by atoms with Gasteiger partial charge in [-0.3, -0.25) is 5.43 Å². The van der Waals surface area contributed by atoms with Gasteiger partial charge in [0.15, 0.2) is 0 Å². The van der Waals surface area contributed by atoms with E-state index < -0.39 is 0 Å². The van der Waals surface area contributed by atoms with Gasteiger partial charge in [-0.15, -0.1) is 0 Å². The fourth-order valence-electron chi connectivity index (χ4n) is 1.06. The van der Waals surface area contributed by atoms with Gasteiger partial charge in [-0.2, -0.15) is 15.6 Å². The molecule has 0 bridgehead atoms. The van der Waals surface area contributed by atoms with E-state index in [1.807, 2.05) is 19.9 Å². The predicted molar refractivity (Wildman–Crippen MR) is 63.2 cm³/mol. The van der Waals surface area contributed by atoms with E-state index in [1.165, 1.54) is 0 Å². The minimum Gasteiger partial charge on any atom is -0.275 e. The summed E-state index contributed by atoms with van der Waals surface area (Å²) < 4.78 is 0. The highest BCUT2D eigenvalue weighted by Gasteiger charge is 2.03. The fraction of sp³-hybridized carbons (Fsp3) is 0.182. The summed E-state index contributed by atoms with van der Waals surface area (Å²) in [5.74, 6) is 0. The van der Waals surface area contributed by atoms with Gasteiger partial charge >= 0.3 is 0 Å². The lowest BCUT2D eigenvalue weighted by atomic mass is 10.1. The van der Waals surface area contributed by atoms with E-state index in [0.717, 1.165) is 11.1 Å². The zero-order valence-electron chi connectivity index (χ0n) is 8.87. The molecule has 0 aliphatic carbocycles. The molecule has 0 fully saturated rings. The number of rotatable bonds is 2. The van der Waals surface area contributed by atoms with Crippen LogP contribution in [-0.4, -0.2) is 5.71 Å². The van der Waals surface area contributed by atoms with Crippen LogP contribution in [0.3, 0.4) is 0 Å². The molecule has 80 valence electrons. The summed E-state index contributed by atoms with van der Waals surface area (Å²) >= 11 is 5.97. The van der Waals surface area contributed by atoms with Crippen molar-refractivity contribution < 1.29 is 0 Å². The number of hydrogen-bond acceptors (Lipinski definition) is 4. The van der Waals surface area contributed by atoms with Gasteiger partial charge in [-0.05, 0) is 37.1 Å². The average molecular weight is 233 g/mol. The number of nitriles is 2. The highest BCUT2D eigenvalue weighted by Crippen LogP contribution is 2.25. The molecule has 5 heteroatoms. The van der Waals surface area contributed by atoms with Gasteiger partial charge in [0.2, 0.25) is 5.71 Å². The molecule has 0 amide bonds. The summed E-state index contributed by atoms with van der Waals surface area (Å²) in [6.45, 7) is 3.89. The van der Waals surface area contributed by atoms with Crippen LogP contribution in [0.5, 0.6) is 0 Å². The van der Waals surface area contributed by atoms with Crippen molar-refractivity contribution in [1.29, 1.82) is 10.5 Å². The molecular weight excluding hydrogens is 224 g/mol. The Balaban J connectivity index is 3.01. The van der Waals surface area contributed by atoms with Crippen LogP contribution in [0.1, 0.15) is 11.1 Å². The Hall–Kier alpha value is -2.04. The third-order valence-electron chi connectivity index (χ3n) is 2.08. The number of nitrogens with zero attached hydrogens (tertiary/aromatic N) is 3. The largest absolute Gasteiger partial charge is 0.275 e. The van der Waals surface area contributed by atoms with Crippen molar-refractivity contribution in [2.75, 3.05) is 5.43 Å². The van der Waals surface area contributed by atoms with Crippen molar-refractivity contribution >= 4 is 23.0 Å². The number of anilines is 1. The van der Waals surface area contributed by atoms with Crippen molar-refractivity contribution in [3.05, 3.63) is 28.3 Å². The number of hydrogen-bond donors (Lipinski definition) is 1. The zero-order valence-corrected chi connectivity index (χ0v) is 9.63. The zero-order chi connectivity index (χ0) is 12.1. The maximum Gasteiger partial charge on any atom is 0.237 e. The summed E-state index contributed by atoms with van der Waals surface area (Å²) in [4.78, 5) is 0. The van der Waals surface area contributed by atoms with Gasteiger partial charge in [0.1, 0.15) is 12.1 Å². The summed E-state index contributed by atoms with van der Waals surface area (Å²) in [5, 5.41) is 21.1. The molecule has 0 saturated carbocycles. The minimum absolute atomic E-state index is 0.241. The van der Waals surface area contributed by atoms with Crippen LogP contribution in [0, 0.1) is 36.5 Å².